The van der Waals surface area contributed by atoms with Gasteiger partial charge in [0.25, 0.3) is 0 Å². The van der Waals surface area contributed by atoms with E-state index in [0.29, 0.717) is 19.7 Å². The van der Waals surface area contributed by atoms with Crippen molar-refractivity contribution < 1.29 is 9.53 Å². The summed E-state index contributed by atoms with van der Waals surface area (Å²) in [6.45, 7) is 5.61. The Bertz CT molecular complexity index is 667. The van der Waals surface area contributed by atoms with E-state index in [1.807, 2.05) is 36.7 Å². The third-order valence-electron chi connectivity index (χ3n) is 3.95. The number of nitrogens with one attached hydrogen (secondary N) is 2. The normalized spacial score (nSPS) is 21.1. The molecule has 3 heterocycles. The van der Waals surface area contributed by atoms with Crippen molar-refractivity contribution >= 4 is 5.91 Å². The first kappa shape index (κ1) is 15.6. The summed E-state index contributed by atoms with van der Waals surface area (Å²) in [6.07, 6.45) is 5.26. The molecule has 7 heteroatoms. The summed E-state index contributed by atoms with van der Waals surface area (Å²) in [5.74, 6) is 1.65. The maximum absolute atomic E-state index is 12.2. The number of aromatic nitrogens is 3. The van der Waals surface area contributed by atoms with Gasteiger partial charge in [0, 0.05) is 31.7 Å². The first-order chi connectivity index (χ1) is 11.1. The fraction of sp³-hybridized carbons (Fsp3) is 0.438. The lowest BCUT2D eigenvalue weighted by molar-refractivity contribution is -0.129. The van der Waals surface area contributed by atoms with Crippen molar-refractivity contribution in [2.45, 2.75) is 32.5 Å². The third kappa shape index (κ3) is 3.57. The number of ether oxygens (including phenoxy) is 1. The van der Waals surface area contributed by atoms with Crippen molar-refractivity contribution in [1.82, 2.24) is 25.2 Å². The second-order valence-corrected chi connectivity index (χ2v) is 5.59. The molecule has 1 aliphatic heterocycles. The largest absolute Gasteiger partial charge is 0.375 e. The number of carbonyl (C=O) groups excluding carboxylic acids is 1. The molecule has 0 saturated carbocycles. The number of imidazole rings is 1. The van der Waals surface area contributed by atoms with Crippen LogP contribution in [-0.4, -0.2) is 45.7 Å². The number of hydrogen-bond acceptors (Lipinski definition) is 5. The zero-order valence-electron chi connectivity index (χ0n) is 13.3. The van der Waals surface area contributed by atoms with Gasteiger partial charge in [-0.2, -0.15) is 0 Å². The summed E-state index contributed by atoms with van der Waals surface area (Å²) in [4.78, 5) is 20.8. The predicted molar refractivity (Wildman–Crippen MR) is 85.1 cm³/mol. The van der Waals surface area contributed by atoms with Gasteiger partial charge in [-0.25, -0.2) is 9.97 Å². The summed E-state index contributed by atoms with van der Waals surface area (Å²) in [5, 5.41) is 6.10. The van der Waals surface area contributed by atoms with E-state index >= 15 is 0 Å². The molecule has 2 aromatic heterocycles. The molecule has 0 aromatic carbocycles. The van der Waals surface area contributed by atoms with Crippen molar-refractivity contribution in [3.63, 3.8) is 0 Å². The Balaban J connectivity index is 1.58. The van der Waals surface area contributed by atoms with Crippen molar-refractivity contribution in [1.29, 1.82) is 0 Å². The van der Waals surface area contributed by atoms with Gasteiger partial charge in [0.1, 0.15) is 17.7 Å². The van der Waals surface area contributed by atoms with Gasteiger partial charge in [-0.1, -0.05) is 6.07 Å². The molecule has 1 fully saturated rings. The number of amides is 1. The highest BCUT2D eigenvalue weighted by Gasteiger charge is 2.27. The molecular weight excluding hydrogens is 294 g/mol. The van der Waals surface area contributed by atoms with E-state index in [1.165, 1.54) is 0 Å². The van der Waals surface area contributed by atoms with Crippen LogP contribution in [0, 0.1) is 6.92 Å². The van der Waals surface area contributed by atoms with Gasteiger partial charge in [0.2, 0.25) is 5.91 Å². The average Bonchev–Trinajstić information content (AvgIpc) is 2.99. The second kappa shape index (κ2) is 6.89. The van der Waals surface area contributed by atoms with Crippen LogP contribution in [0.5, 0.6) is 0 Å². The first-order valence-corrected chi connectivity index (χ1v) is 7.73. The van der Waals surface area contributed by atoms with E-state index in [4.69, 9.17) is 4.74 Å². The van der Waals surface area contributed by atoms with E-state index in [-0.39, 0.29) is 18.1 Å². The number of carbonyl (C=O) groups is 1. The zero-order chi connectivity index (χ0) is 16.2. The highest BCUT2D eigenvalue weighted by Crippen LogP contribution is 2.09. The van der Waals surface area contributed by atoms with Crippen LogP contribution in [0.1, 0.15) is 18.3 Å². The first-order valence-electron chi connectivity index (χ1n) is 7.73. The smallest absolute Gasteiger partial charge is 0.240 e. The number of aryl methyl sites for hydroxylation is 1. The lowest BCUT2D eigenvalue weighted by atomic mass is 10.1. The molecular formula is C16H21N5O2. The van der Waals surface area contributed by atoms with Gasteiger partial charge in [-0.05, 0) is 25.5 Å². The van der Waals surface area contributed by atoms with Crippen molar-refractivity contribution in [2.75, 3.05) is 13.2 Å². The molecule has 0 unspecified atom stereocenters. The summed E-state index contributed by atoms with van der Waals surface area (Å²) >= 11 is 0. The molecule has 0 aliphatic carbocycles. The van der Waals surface area contributed by atoms with Gasteiger partial charge in [0.05, 0.1) is 12.7 Å². The Labute approximate surface area is 135 Å². The van der Waals surface area contributed by atoms with Crippen LogP contribution in [0.25, 0.3) is 5.82 Å². The number of hydrogen-bond donors (Lipinski definition) is 2. The minimum absolute atomic E-state index is 0.0493. The fourth-order valence-electron chi connectivity index (χ4n) is 2.61. The molecule has 0 radical (unpaired) electrons. The molecule has 2 aromatic rings. The maximum atomic E-state index is 12.2. The molecule has 122 valence electrons. The predicted octanol–water partition coefficient (Wildman–Crippen LogP) is 0.569. The van der Waals surface area contributed by atoms with Crippen LogP contribution in [0.4, 0.5) is 0 Å². The molecule has 1 saturated heterocycles. The highest BCUT2D eigenvalue weighted by atomic mass is 16.5. The summed E-state index contributed by atoms with van der Waals surface area (Å²) in [7, 11) is 0. The lowest BCUT2D eigenvalue weighted by Crippen LogP contribution is -2.55. The van der Waals surface area contributed by atoms with Crippen LogP contribution < -0.4 is 10.6 Å². The summed E-state index contributed by atoms with van der Waals surface area (Å²) in [5.41, 5.74) is 0.948. The Kier molecular flexibility index (Phi) is 4.68. The van der Waals surface area contributed by atoms with Crippen molar-refractivity contribution in [2.24, 2.45) is 0 Å². The van der Waals surface area contributed by atoms with Gasteiger partial charge < -0.3 is 15.4 Å². The van der Waals surface area contributed by atoms with Crippen molar-refractivity contribution in [3.05, 3.63) is 42.1 Å². The van der Waals surface area contributed by atoms with E-state index < -0.39 is 0 Å². The zero-order valence-corrected chi connectivity index (χ0v) is 13.3. The number of pyridine rings is 1. The number of morpholine rings is 1. The van der Waals surface area contributed by atoms with E-state index in [0.717, 1.165) is 17.2 Å². The molecule has 1 aliphatic rings. The average molecular weight is 315 g/mol. The van der Waals surface area contributed by atoms with Crippen LogP contribution in [0.15, 0.2) is 30.7 Å². The maximum Gasteiger partial charge on any atom is 0.240 e. The minimum atomic E-state index is -0.301. The fourth-order valence-corrected chi connectivity index (χ4v) is 2.61. The molecule has 2 N–H and O–H groups in total. The number of nitrogens with zero attached hydrogens (tertiary/aromatic N) is 3. The molecule has 2 atom stereocenters. The Morgan fingerprint density at radius 1 is 1.48 bits per heavy atom. The van der Waals surface area contributed by atoms with E-state index in [1.54, 1.807) is 12.4 Å². The molecule has 7 nitrogen and oxygen atoms in total. The molecule has 23 heavy (non-hydrogen) atoms. The summed E-state index contributed by atoms with van der Waals surface area (Å²) in [6, 6.07) is 3.57. The molecule has 1 amide bonds. The van der Waals surface area contributed by atoms with Gasteiger partial charge >= 0.3 is 0 Å². The topological polar surface area (TPSA) is 81.1 Å². The Hall–Kier alpha value is -2.25. The van der Waals surface area contributed by atoms with Gasteiger partial charge in [-0.15, -0.1) is 0 Å². The Morgan fingerprint density at radius 2 is 2.35 bits per heavy atom. The molecule has 0 spiro atoms. The number of rotatable bonds is 4. The SMILES string of the molecule is Cc1nccn1-c1ccc(CNC(=O)[C@H]2NCCO[C@@H]2C)cn1. The van der Waals surface area contributed by atoms with Gasteiger partial charge in [0.15, 0.2) is 0 Å². The van der Waals surface area contributed by atoms with Crippen LogP contribution in [0.3, 0.4) is 0 Å². The molecule has 3 rings (SSSR count). The van der Waals surface area contributed by atoms with Gasteiger partial charge in [-0.3, -0.25) is 9.36 Å². The molecule has 0 bridgehead atoms. The second-order valence-electron chi connectivity index (χ2n) is 5.59. The van der Waals surface area contributed by atoms with E-state index in [9.17, 15) is 4.79 Å². The third-order valence-corrected chi connectivity index (χ3v) is 3.95. The monoisotopic (exact) mass is 315 g/mol. The quantitative estimate of drug-likeness (QED) is 0.862. The van der Waals surface area contributed by atoms with Crippen molar-refractivity contribution in [3.8, 4) is 5.82 Å². The van der Waals surface area contributed by atoms with Crippen LogP contribution in [-0.2, 0) is 16.1 Å². The summed E-state index contributed by atoms with van der Waals surface area (Å²) < 4.78 is 7.40. The minimum Gasteiger partial charge on any atom is -0.375 e. The van der Waals surface area contributed by atoms with Crippen LogP contribution in [0.2, 0.25) is 0 Å². The van der Waals surface area contributed by atoms with E-state index in [2.05, 4.69) is 20.6 Å². The van der Waals surface area contributed by atoms with Crippen LogP contribution >= 0.6 is 0 Å². The highest BCUT2D eigenvalue weighted by molar-refractivity contribution is 5.82. The lowest BCUT2D eigenvalue weighted by Gasteiger charge is -2.29. The Morgan fingerprint density at radius 3 is 3.00 bits per heavy atom. The standard InChI is InChI=1S/C16H21N5O2/c1-11-15(18-6-8-23-11)16(22)20-10-13-3-4-14(19-9-13)21-7-5-17-12(21)2/h3-5,7,9,11,15,18H,6,8,10H2,1-2H3,(H,20,22)/t11-,15+/m1/s1.